The molecule has 0 aliphatic carbocycles. The van der Waals surface area contributed by atoms with E-state index in [1.165, 1.54) is 0 Å². The molecule has 0 aromatic carbocycles. The standard InChI is InChI=1S/C7H14O2/c1-3-4-5-6-9-7(2)8/h3,7-8H,1,4-6H2,2H3. The van der Waals surface area contributed by atoms with Crippen molar-refractivity contribution in [2.75, 3.05) is 6.61 Å². The lowest BCUT2D eigenvalue weighted by Gasteiger charge is -2.03. The highest BCUT2D eigenvalue weighted by Gasteiger charge is 1.91. The Labute approximate surface area is 56.1 Å². The van der Waals surface area contributed by atoms with E-state index in [9.17, 15) is 0 Å². The molecule has 0 amide bonds. The Morgan fingerprint density at radius 3 is 2.89 bits per heavy atom. The Bertz CT molecular complexity index is 69.3. The minimum atomic E-state index is -0.630. The molecule has 0 bridgehead atoms. The topological polar surface area (TPSA) is 29.5 Å². The van der Waals surface area contributed by atoms with Gasteiger partial charge in [-0.05, 0) is 19.8 Å². The van der Waals surface area contributed by atoms with Crippen molar-refractivity contribution in [1.29, 1.82) is 0 Å². The van der Waals surface area contributed by atoms with Gasteiger partial charge in [-0.3, -0.25) is 0 Å². The quantitative estimate of drug-likeness (QED) is 0.345. The third kappa shape index (κ3) is 7.66. The van der Waals surface area contributed by atoms with Gasteiger partial charge in [0.15, 0.2) is 6.29 Å². The molecule has 9 heavy (non-hydrogen) atoms. The largest absolute Gasteiger partial charge is 0.368 e. The van der Waals surface area contributed by atoms with Gasteiger partial charge in [-0.25, -0.2) is 0 Å². The van der Waals surface area contributed by atoms with Crippen LogP contribution < -0.4 is 0 Å². The molecule has 0 radical (unpaired) electrons. The number of hydrogen-bond acceptors (Lipinski definition) is 2. The molecule has 0 aromatic rings. The van der Waals surface area contributed by atoms with Crippen LogP contribution >= 0.6 is 0 Å². The molecule has 0 aliphatic rings. The van der Waals surface area contributed by atoms with Gasteiger partial charge in [0.2, 0.25) is 0 Å². The van der Waals surface area contributed by atoms with Crippen molar-refractivity contribution in [3.63, 3.8) is 0 Å². The highest BCUT2D eigenvalue weighted by Crippen LogP contribution is 1.92. The highest BCUT2D eigenvalue weighted by molar-refractivity contribution is 4.64. The summed E-state index contributed by atoms with van der Waals surface area (Å²) in [6.07, 6.45) is 3.10. The minimum Gasteiger partial charge on any atom is -0.368 e. The van der Waals surface area contributed by atoms with E-state index in [1.807, 2.05) is 6.08 Å². The number of aliphatic hydroxyl groups excluding tert-OH is 1. The summed E-state index contributed by atoms with van der Waals surface area (Å²) in [7, 11) is 0. The van der Waals surface area contributed by atoms with Gasteiger partial charge in [0, 0.05) is 6.61 Å². The minimum absolute atomic E-state index is 0.615. The normalized spacial score (nSPS) is 13.1. The van der Waals surface area contributed by atoms with Gasteiger partial charge in [0.25, 0.3) is 0 Å². The van der Waals surface area contributed by atoms with Gasteiger partial charge in [0.1, 0.15) is 0 Å². The van der Waals surface area contributed by atoms with Crippen LogP contribution in [0.4, 0.5) is 0 Å². The van der Waals surface area contributed by atoms with Crippen molar-refractivity contribution in [1.82, 2.24) is 0 Å². The third-order valence-corrected chi connectivity index (χ3v) is 0.912. The van der Waals surface area contributed by atoms with Gasteiger partial charge >= 0.3 is 0 Å². The predicted molar refractivity (Wildman–Crippen MR) is 37.1 cm³/mol. The molecule has 0 spiro atoms. The Morgan fingerprint density at radius 1 is 1.78 bits per heavy atom. The highest BCUT2D eigenvalue weighted by atomic mass is 16.6. The number of rotatable bonds is 5. The average molecular weight is 130 g/mol. The Hall–Kier alpha value is -0.340. The van der Waals surface area contributed by atoms with Gasteiger partial charge in [-0.1, -0.05) is 6.08 Å². The number of unbranched alkanes of at least 4 members (excludes halogenated alkanes) is 1. The molecule has 1 unspecified atom stereocenters. The summed E-state index contributed by atoms with van der Waals surface area (Å²) in [6.45, 7) is 5.78. The first-order valence-electron chi connectivity index (χ1n) is 3.18. The summed E-state index contributed by atoms with van der Waals surface area (Å²) in [5, 5.41) is 8.60. The molecule has 0 saturated carbocycles. The van der Waals surface area contributed by atoms with Crippen LogP contribution in [0.1, 0.15) is 19.8 Å². The van der Waals surface area contributed by atoms with E-state index in [4.69, 9.17) is 9.84 Å². The number of ether oxygens (including phenoxy) is 1. The first-order valence-corrected chi connectivity index (χ1v) is 3.18. The molecular formula is C7H14O2. The summed E-state index contributed by atoms with van der Waals surface area (Å²) < 4.78 is 4.85. The van der Waals surface area contributed by atoms with Crippen LogP contribution in [0.3, 0.4) is 0 Å². The van der Waals surface area contributed by atoms with E-state index in [0.717, 1.165) is 12.8 Å². The Morgan fingerprint density at radius 2 is 2.44 bits per heavy atom. The van der Waals surface area contributed by atoms with Crippen molar-refractivity contribution in [3.05, 3.63) is 12.7 Å². The molecule has 1 atom stereocenters. The lowest BCUT2D eigenvalue weighted by Crippen LogP contribution is -2.06. The zero-order valence-corrected chi connectivity index (χ0v) is 5.84. The summed E-state index contributed by atoms with van der Waals surface area (Å²) in [5.41, 5.74) is 0. The number of allylic oxidation sites excluding steroid dienone is 1. The van der Waals surface area contributed by atoms with E-state index < -0.39 is 6.29 Å². The van der Waals surface area contributed by atoms with Crippen molar-refractivity contribution < 1.29 is 9.84 Å². The maximum Gasteiger partial charge on any atom is 0.151 e. The zero-order valence-electron chi connectivity index (χ0n) is 5.84. The second-order valence-electron chi connectivity index (χ2n) is 1.90. The monoisotopic (exact) mass is 130 g/mol. The van der Waals surface area contributed by atoms with Crippen molar-refractivity contribution >= 4 is 0 Å². The number of aliphatic hydroxyl groups is 1. The van der Waals surface area contributed by atoms with Crippen molar-refractivity contribution in [2.24, 2.45) is 0 Å². The molecule has 54 valence electrons. The Balaban J connectivity index is 2.82. The number of hydrogen-bond donors (Lipinski definition) is 1. The second-order valence-corrected chi connectivity index (χ2v) is 1.90. The van der Waals surface area contributed by atoms with E-state index in [2.05, 4.69) is 6.58 Å². The van der Waals surface area contributed by atoms with E-state index in [0.29, 0.717) is 6.61 Å². The lowest BCUT2D eigenvalue weighted by molar-refractivity contribution is -0.0853. The third-order valence-electron chi connectivity index (χ3n) is 0.912. The lowest BCUT2D eigenvalue weighted by atomic mass is 10.3. The smallest absolute Gasteiger partial charge is 0.151 e. The van der Waals surface area contributed by atoms with Gasteiger partial charge in [-0.2, -0.15) is 0 Å². The van der Waals surface area contributed by atoms with Crippen LogP contribution in [0.2, 0.25) is 0 Å². The zero-order chi connectivity index (χ0) is 7.11. The maximum absolute atomic E-state index is 8.60. The van der Waals surface area contributed by atoms with Crippen LogP contribution in [0.15, 0.2) is 12.7 Å². The van der Waals surface area contributed by atoms with Gasteiger partial charge in [0.05, 0.1) is 0 Å². The van der Waals surface area contributed by atoms with Crippen LogP contribution in [0.5, 0.6) is 0 Å². The van der Waals surface area contributed by atoms with E-state index >= 15 is 0 Å². The van der Waals surface area contributed by atoms with Crippen molar-refractivity contribution in [3.8, 4) is 0 Å². The van der Waals surface area contributed by atoms with Crippen LogP contribution in [-0.4, -0.2) is 18.0 Å². The predicted octanol–water partition coefficient (Wildman–Crippen LogP) is 1.31. The van der Waals surface area contributed by atoms with E-state index in [-0.39, 0.29) is 0 Å². The summed E-state index contributed by atoms with van der Waals surface area (Å²) in [6, 6.07) is 0. The summed E-state index contributed by atoms with van der Waals surface area (Å²) in [5.74, 6) is 0. The molecule has 0 saturated heterocycles. The van der Waals surface area contributed by atoms with Crippen molar-refractivity contribution in [2.45, 2.75) is 26.1 Å². The molecule has 2 nitrogen and oxygen atoms in total. The fourth-order valence-corrected chi connectivity index (χ4v) is 0.482. The molecule has 0 rings (SSSR count). The first-order chi connectivity index (χ1) is 4.27. The fraction of sp³-hybridized carbons (Fsp3) is 0.714. The maximum atomic E-state index is 8.60. The SMILES string of the molecule is C=CCCCOC(C)O. The average Bonchev–Trinajstić information content (AvgIpc) is 1.80. The van der Waals surface area contributed by atoms with Crippen LogP contribution in [0, 0.1) is 0 Å². The summed E-state index contributed by atoms with van der Waals surface area (Å²) >= 11 is 0. The molecular weight excluding hydrogens is 116 g/mol. The molecule has 0 aromatic heterocycles. The Kier molecular flexibility index (Phi) is 5.57. The molecule has 2 heteroatoms. The fourth-order valence-electron chi connectivity index (χ4n) is 0.482. The van der Waals surface area contributed by atoms with Gasteiger partial charge in [-0.15, -0.1) is 6.58 Å². The second kappa shape index (κ2) is 5.79. The first kappa shape index (κ1) is 8.66. The molecule has 0 fully saturated rings. The van der Waals surface area contributed by atoms with Gasteiger partial charge < -0.3 is 9.84 Å². The van der Waals surface area contributed by atoms with E-state index in [1.54, 1.807) is 6.92 Å². The molecule has 0 heterocycles. The molecule has 1 N–H and O–H groups in total. The summed E-state index contributed by atoms with van der Waals surface area (Å²) in [4.78, 5) is 0. The van der Waals surface area contributed by atoms with Crippen LogP contribution in [-0.2, 0) is 4.74 Å². The molecule has 0 aliphatic heterocycles. The van der Waals surface area contributed by atoms with Crippen LogP contribution in [0.25, 0.3) is 0 Å².